The van der Waals surface area contributed by atoms with Crippen molar-refractivity contribution in [2.24, 2.45) is 0 Å². The molecule has 0 aliphatic rings. The lowest BCUT2D eigenvalue weighted by atomic mass is 10.0. The van der Waals surface area contributed by atoms with Gasteiger partial charge in [-0.2, -0.15) is 0 Å². The van der Waals surface area contributed by atoms with Gasteiger partial charge in [0.1, 0.15) is 0 Å². The molecule has 24 heavy (non-hydrogen) atoms. The Morgan fingerprint density at radius 3 is 2.46 bits per heavy atom. The number of nitrogens with zero attached hydrogens (tertiary/aromatic N) is 1. The maximum absolute atomic E-state index is 5.52. The van der Waals surface area contributed by atoms with Gasteiger partial charge >= 0.3 is 0 Å². The lowest BCUT2D eigenvalue weighted by Crippen LogP contribution is -2.20. The van der Waals surface area contributed by atoms with E-state index in [1.54, 1.807) is 11.3 Å². The number of aromatic nitrogens is 1. The van der Waals surface area contributed by atoms with Crippen LogP contribution in [0.15, 0.2) is 36.4 Å². The maximum Gasteiger partial charge on any atom is 0.175 e. The minimum Gasteiger partial charge on any atom is -0.332 e. The van der Waals surface area contributed by atoms with Crippen LogP contribution >= 0.6 is 23.6 Å². The predicted octanol–water partition coefficient (Wildman–Crippen LogP) is 5.54. The summed E-state index contributed by atoms with van der Waals surface area (Å²) in [6, 6.07) is 12.6. The molecule has 1 aromatic heterocycles. The maximum atomic E-state index is 5.52. The Balaban J connectivity index is 1.80. The third-order valence-corrected chi connectivity index (χ3v) is 5.15. The molecule has 0 fully saturated rings. The molecule has 2 aromatic carbocycles. The van der Waals surface area contributed by atoms with E-state index in [-0.39, 0.29) is 0 Å². The predicted molar refractivity (Wildman–Crippen MR) is 109 cm³/mol. The van der Waals surface area contributed by atoms with Crippen molar-refractivity contribution in [3.63, 3.8) is 0 Å². The fourth-order valence-electron chi connectivity index (χ4n) is 2.80. The summed E-state index contributed by atoms with van der Waals surface area (Å²) in [5, 5.41) is 8.35. The van der Waals surface area contributed by atoms with Crippen LogP contribution in [0.5, 0.6) is 0 Å². The summed E-state index contributed by atoms with van der Waals surface area (Å²) in [5.74, 6) is 0. The van der Waals surface area contributed by atoms with Crippen molar-refractivity contribution >= 4 is 50.3 Å². The summed E-state index contributed by atoms with van der Waals surface area (Å²) >= 11 is 7.23. The van der Waals surface area contributed by atoms with Gasteiger partial charge in [-0.1, -0.05) is 32.0 Å². The van der Waals surface area contributed by atoms with Gasteiger partial charge in [-0.05, 0) is 61.3 Å². The van der Waals surface area contributed by atoms with Gasteiger partial charge in [0.2, 0.25) is 0 Å². The molecule has 0 aliphatic carbocycles. The van der Waals surface area contributed by atoms with Crippen LogP contribution in [0.2, 0.25) is 0 Å². The summed E-state index contributed by atoms with van der Waals surface area (Å²) in [4.78, 5) is 4.53. The highest BCUT2D eigenvalue weighted by Crippen LogP contribution is 2.25. The van der Waals surface area contributed by atoms with Gasteiger partial charge < -0.3 is 10.6 Å². The molecule has 3 nitrogen and oxygen atoms in total. The molecule has 0 atom stereocenters. The number of nitrogens with one attached hydrogen (secondary N) is 2. The van der Waals surface area contributed by atoms with E-state index in [1.165, 1.54) is 15.8 Å². The third kappa shape index (κ3) is 3.57. The largest absolute Gasteiger partial charge is 0.332 e. The highest BCUT2D eigenvalue weighted by atomic mass is 32.1. The molecule has 1 heterocycles. The Morgan fingerprint density at radius 1 is 1.08 bits per heavy atom. The van der Waals surface area contributed by atoms with Gasteiger partial charge in [0.15, 0.2) is 5.11 Å². The minimum atomic E-state index is 0.608. The number of fused-ring (bicyclic) bond motifs is 1. The fourth-order valence-corrected chi connectivity index (χ4v) is 3.83. The quantitative estimate of drug-likeness (QED) is 0.603. The van der Waals surface area contributed by atoms with Crippen LogP contribution in [0.3, 0.4) is 0 Å². The Hall–Kier alpha value is -1.98. The fraction of sp³-hybridized carbons (Fsp3) is 0.263. The number of para-hydroxylation sites is 1. The Morgan fingerprint density at radius 2 is 1.79 bits per heavy atom. The number of thiocarbonyl (C=S) groups is 1. The van der Waals surface area contributed by atoms with Crippen molar-refractivity contribution in [2.45, 2.75) is 33.6 Å². The zero-order valence-corrected chi connectivity index (χ0v) is 15.8. The molecule has 2 N–H and O–H groups in total. The molecule has 0 unspecified atom stereocenters. The smallest absolute Gasteiger partial charge is 0.175 e. The molecule has 0 bridgehead atoms. The van der Waals surface area contributed by atoms with E-state index in [2.05, 4.69) is 53.7 Å². The Bertz CT molecular complexity index is 861. The third-order valence-electron chi connectivity index (χ3n) is 3.99. The topological polar surface area (TPSA) is 37.0 Å². The van der Waals surface area contributed by atoms with Gasteiger partial charge in [0, 0.05) is 11.4 Å². The van der Waals surface area contributed by atoms with E-state index >= 15 is 0 Å². The molecular weight excluding hydrogens is 334 g/mol. The van der Waals surface area contributed by atoms with Gasteiger partial charge in [0.05, 0.1) is 15.2 Å². The number of anilines is 2. The monoisotopic (exact) mass is 355 g/mol. The van der Waals surface area contributed by atoms with Crippen molar-refractivity contribution in [3.05, 3.63) is 52.5 Å². The highest BCUT2D eigenvalue weighted by Gasteiger charge is 2.09. The summed E-state index contributed by atoms with van der Waals surface area (Å²) in [6.07, 6.45) is 1.95. The molecule has 5 heteroatoms. The van der Waals surface area contributed by atoms with E-state index in [0.717, 1.165) is 34.7 Å². The number of thiazole rings is 1. The van der Waals surface area contributed by atoms with E-state index < -0.39 is 0 Å². The van der Waals surface area contributed by atoms with Crippen molar-refractivity contribution in [1.29, 1.82) is 0 Å². The minimum absolute atomic E-state index is 0.608. The molecule has 0 saturated heterocycles. The van der Waals surface area contributed by atoms with Crippen LogP contribution in [0, 0.1) is 6.92 Å². The number of rotatable bonds is 4. The molecule has 0 amide bonds. The molecule has 0 radical (unpaired) electrons. The second kappa shape index (κ2) is 7.28. The van der Waals surface area contributed by atoms with Gasteiger partial charge in [-0.25, -0.2) is 4.98 Å². The zero-order valence-electron chi connectivity index (χ0n) is 14.1. The van der Waals surface area contributed by atoms with Crippen molar-refractivity contribution in [2.75, 3.05) is 10.6 Å². The lowest BCUT2D eigenvalue weighted by Gasteiger charge is -2.17. The first-order valence-electron chi connectivity index (χ1n) is 8.16. The van der Waals surface area contributed by atoms with Crippen LogP contribution in [0.1, 0.15) is 30.0 Å². The normalized spacial score (nSPS) is 10.8. The Kier molecular flexibility index (Phi) is 5.11. The summed E-state index contributed by atoms with van der Waals surface area (Å²) < 4.78 is 1.20. The number of aryl methyl sites for hydroxylation is 3. The molecule has 124 valence electrons. The van der Waals surface area contributed by atoms with Gasteiger partial charge in [-0.15, -0.1) is 11.3 Å². The van der Waals surface area contributed by atoms with Crippen LogP contribution in [-0.2, 0) is 12.8 Å². The van der Waals surface area contributed by atoms with Crippen molar-refractivity contribution in [1.82, 2.24) is 4.98 Å². The van der Waals surface area contributed by atoms with E-state index in [0.29, 0.717) is 5.11 Å². The standard InChI is InChI=1S/C19H21N3S2/c1-4-13-7-6-8-14(5-2)18(13)22-19(23)21-15-9-10-17-16(11-15)20-12(3)24-17/h6-11H,4-5H2,1-3H3,(H2,21,22,23). The van der Waals surface area contributed by atoms with Crippen LogP contribution < -0.4 is 10.6 Å². The van der Waals surface area contributed by atoms with Gasteiger partial charge in [-0.3, -0.25) is 0 Å². The summed E-state index contributed by atoms with van der Waals surface area (Å²) in [5.41, 5.74) is 5.66. The first-order valence-corrected chi connectivity index (χ1v) is 9.39. The average molecular weight is 356 g/mol. The molecule has 3 rings (SSSR count). The number of hydrogen-bond donors (Lipinski definition) is 2. The lowest BCUT2D eigenvalue weighted by molar-refractivity contribution is 1.09. The SMILES string of the molecule is CCc1cccc(CC)c1NC(=S)Nc1ccc2sc(C)nc2c1. The van der Waals surface area contributed by atoms with Crippen LogP contribution in [0.25, 0.3) is 10.2 Å². The zero-order chi connectivity index (χ0) is 17.1. The Labute approximate surface area is 152 Å². The first-order chi connectivity index (χ1) is 11.6. The van der Waals surface area contributed by atoms with Crippen LogP contribution in [-0.4, -0.2) is 10.1 Å². The van der Waals surface area contributed by atoms with E-state index in [9.17, 15) is 0 Å². The van der Waals surface area contributed by atoms with Gasteiger partial charge in [0.25, 0.3) is 0 Å². The molecule has 0 aliphatic heterocycles. The molecule has 3 aromatic rings. The molecule has 0 spiro atoms. The molecule has 0 saturated carbocycles. The highest BCUT2D eigenvalue weighted by molar-refractivity contribution is 7.80. The molecular formula is C19H21N3S2. The average Bonchev–Trinajstić information content (AvgIpc) is 2.94. The second-order valence-corrected chi connectivity index (χ2v) is 7.30. The summed E-state index contributed by atoms with van der Waals surface area (Å²) in [6.45, 7) is 6.35. The van der Waals surface area contributed by atoms with E-state index in [1.807, 2.05) is 19.1 Å². The summed E-state index contributed by atoms with van der Waals surface area (Å²) in [7, 11) is 0. The van der Waals surface area contributed by atoms with Crippen molar-refractivity contribution in [3.8, 4) is 0 Å². The number of benzene rings is 2. The second-order valence-electron chi connectivity index (χ2n) is 5.65. The van der Waals surface area contributed by atoms with Crippen molar-refractivity contribution < 1.29 is 0 Å². The van der Waals surface area contributed by atoms with Crippen LogP contribution in [0.4, 0.5) is 11.4 Å². The number of hydrogen-bond acceptors (Lipinski definition) is 3. The van der Waals surface area contributed by atoms with E-state index in [4.69, 9.17) is 12.2 Å². The first kappa shape index (κ1) is 16.9.